The fraction of sp³-hybridized carbons (Fsp3) is 0.692. The lowest BCUT2D eigenvalue weighted by atomic mass is 10.0. The van der Waals surface area contributed by atoms with Gasteiger partial charge >= 0.3 is 0 Å². The smallest absolute Gasteiger partial charge is 0.237 e. The second-order valence-electron chi connectivity index (χ2n) is 5.01. The maximum absolute atomic E-state index is 5.95. The Morgan fingerprint density at radius 2 is 1.72 bits per heavy atom. The third-order valence-electron chi connectivity index (χ3n) is 3.35. The molecular formula is C13H19ClN2O2. The molecular weight excluding hydrogens is 252 g/mol. The SMILES string of the molecule is Cc1c(Cl)nnc(OC2CC(C)OC(C)C2)c1C. The molecule has 100 valence electrons. The Bertz CT molecular complexity index is 429. The first-order valence-corrected chi connectivity index (χ1v) is 6.66. The fourth-order valence-corrected chi connectivity index (χ4v) is 2.44. The van der Waals surface area contributed by atoms with E-state index in [1.807, 2.05) is 13.8 Å². The van der Waals surface area contributed by atoms with Crippen LogP contribution < -0.4 is 4.74 Å². The Hall–Kier alpha value is -0.870. The summed E-state index contributed by atoms with van der Waals surface area (Å²) in [6.45, 7) is 8.02. The number of rotatable bonds is 2. The van der Waals surface area contributed by atoms with Crippen LogP contribution >= 0.6 is 11.6 Å². The van der Waals surface area contributed by atoms with Gasteiger partial charge in [-0.05, 0) is 33.3 Å². The molecule has 2 atom stereocenters. The van der Waals surface area contributed by atoms with E-state index in [0.717, 1.165) is 24.0 Å². The van der Waals surface area contributed by atoms with Crippen LogP contribution in [0.5, 0.6) is 5.88 Å². The van der Waals surface area contributed by atoms with Crippen LogP contribution in [0, 0.1) is 13.8 Å². The summed E-state index contributed by atoms with van der Waals surface area (Å²) in [6.07, 6.45) is 2.35. The van der Waals surface area contributed by atoms with E-state index >= 15 is 0 Å². The largest absolute Gasteiger partial charge is 0.473 e. The molecule has 5 heteroatoms. The molecule has 2 heterocycles. The third-order valence-corrected chi connectivity index (χ3v) is 3.71. The molecule has 4 nitrogen and oxygen atoms in total. The highest BCUT2D eigenvalue weighted by Gasteiger charge is 2.26. The quantitative estimate of drug-likeness (QED) is 0.828. The summed E-state index contributed by atoms with van der Waals surface area (Å²) >= 11 is 5.93. The Kier molecular flexibility index (Phi) is 4.07. The molecule has 1 aromatic rings. The second-order valence-corrected chi connectivity index (χ2v) is 5.37. The molecule has 18 heavy (non-hydrogen) atoms. The van der Waals surface area contributed by atoms with Gasteiger partial charge in [-0.25, -0.2) is 0 Å². The minimum atomic E-state index is 0.136. The van der Waals surface area contributed by atoms with Crippen molar-refractivity contribution in [3.63, 3.8) is 0 Å². The molecule has 0 radical (unpaired) electrons. The van der Waals surface area contributed by atoms with Gasteiger partial charge in [-0.15, -0.1) is 10.2 Å². The summed E-state index contributed by atoms with van der Waals surface area (Å²) in [5.74, 6) is 0.586. The Morgan fingerprint density at radius 1 is 1.11 bits per heavy atom. The van der Waals surface area contributed by atoms with E-state index in [1.165, 1.54) is 0 Å². The van der Waals surface area contributed by atoms with E-state index in [2.05, 4.69) is 24.0 Å². The molecule has 1 aliphatic heterocycles. The summed E-state index contributed by atoms with van der Waals surface area (Å²) in [5.41, 5.74) is 1.89. The fourth-order valence-electron chi connectivity index (χ4n) is 2.26. The molecule has 2 unspecified atom stereocenters. The van der Waals surface area contributed by atoms with Gasteiger partial charge in [0, 0.05) is 18.4 Å². The van der Waals surface area contributed by atoms with Crippen molar-refractivity contribution >= 4 is 11.6 Å². The van der Waals surface area contributed by atoms with Crippen LogP contribution in [-0.4, -0.2) is 28.5 Å². The van der Waals surface area contributed by atoms with Crippen LogP contribution in [0.15, 0.2) is 0 Å². The summed E-state index contributed by atoms with van der Waals surface area (Å²) < 4.78 is 11.6. The first-order valence-electron chi connectivity index (χ1n) is 6.29. The van der Waals surface area contributed by atoms with E-state index in [0.29, 0.717) is 11.0 Å². The third kappa shape index (κ3) is 2.93. The van der Waals surface area contributed by atoms with Crippen molar-refractivity contribution in [3.05, 3.63) is 16.3 Å². The second kappa shape index (κ2) is 5.41. The Morgan fingerprint density at radius 3 is 2.33 bits per heavy atom. The summed E-state index contributed by atoms with van der Waals surface area (Å²) in [6, 6.07) is 0. The van der Waals surface area contributed by atoms with E-state index < -0.39 is 0 Å². The lowest BCUT2D eigenvalue weighted by molar-refractivity contribution is -0.0732. The van der Waals surface area contributed by atoms with Gasteiger partial charge in [0.2, 0.25) is 5.88 Å². The molecule has 0 saturated carbocycles. The number of hydrogen-bond acceptors (Lipinski definition) is 4. The highest BCUT2D eigenvalue weighted by Crippen LogP contribution is 2.27. The van der Waals surface area contributed by atoms with Crippen LogP contribution in [-0.2, 0) is 4.74 Å². The highest BCUT2D eigenvalue weighted by molar-refractivity contribution is 6.30. The molecule has 0 N–H and O–H groups in total. The van der Waals surface area contributed by atoms with E-state index in [9.17, 15) is 0 Å². The zero-order chi connectivity index (χ0) is 13.3. The van der Waals surface area contributed by atoms with Crippen molar-refractivity contribution in [2.24, 2.45) is 0 Å². The standard InChI is InChI=1S/C13H19ClN2O2/c1-7-5-11(6-8(2)17-7)18-13-10(4)9(3)12(14)15-16-13/h7-8,11H,5-6H2,1-4H3. The summed E-state index contributed by atoms with van der Waals surface area (Å²) in [7, 11) is 0. The predicted molar refractivity (Wildman–Crippen MR) is 70.2 cm³/mol. The van der Waals surface area contributed by atoms with E-state index in [1.54, 1.807) is 0 Å². The van der Waals surface area contributed by atoms with Gasteiger partial charge in [0.1, 0.15) is 6.10 Å². The van der Waals surface area contributed by atoms with Crippen molar-refractivity contribution in [2.75, 3.05) is 0 Å². The van der Waals surface area contributed by atoms with Gasteiger partial charge in [0.15, 0.2) is 5.15 Å². The van der Waals surface area contributed by atoms with Crippen molar-refractivity contribution in [1.82, 2.24) is 10.2 Å². The zero-order valence-corrected chi connectivity index (χ0v) is 12.0. The van der Waals surface area contributed by atoms with Gasteiger partial charge in [-0.3, -0.25) is 0 Å². The lowest BCUT2D eigenvalue weighted by Gasteiger charge is -2.32. The first kappa shape index (κ1) is 13.6. The minimum absolute atomic E-state index is 0.136. The average Bonchev–Trinajstić information content (AvgIpc) is 2.29. The molecule has 1 aliphatic rings. The van der Waals surface area contributed by atoms with Gasteiger partial charge in [-0.2, -0.15) is 0 Å². The van der Waals surface area contributed by atoms with Gasteiger partial charge in [0.05, 0.1) is 12.2 Å². The van der Waals surface area contributed by atoms with Crippen LogP contribution in [0.4, 0.5) is 0 Å². The van der Waals surface area contributed by atoms with Crippen LogP contribution in [0.1, 0.15) is 37.8 Å². The average molecular weight is 271 g/mol. The molecule has 0 aromatic carbocycles. The monoisotopic (exact) mass is 270 g/mol. The molecule has 0 aliphatic carbocycles. The lowest BCUT2D eigenvalue weighted by Crippen LogP contribution is -2.36. The first-order chi connectivity index (χ1) is 8.47. The molecule has 1 aromatic heterocycles. The maximum atomic E-state index is 5.95. The molecule has 1 fully saturated rings. The van der Waals surface area contributed by atoms with E-state index in [-0.39, 0.29) is 18.3 Å². The van der Waals surface area contributed by atoms with Crippen molar-refractivity contribution in [3.8, 4) is 5.88 Å². The van der Waals surface area contributed by atoms with Gasteiger partial charge in [-0.1, -0.05) is 11.6 Å². The Balaban J connectivity index is 2.12. The number of nitrogens with zero attached hydrogens (tertiary/aromatic N) is 2. The number of halogens is 1. The molecule has 2 rings (SSSR count). The molecule has 1 saturated heterocycles. The number of hydrogen-bond donors (Lipinski definition) is 0. The maximum Gasteiger partial charge on any atom is 0.237 e. The van der Waals surface area contributed by atoms with Crippen molar-refractivity contribution in [2.45, 2.75) is 58.8 Å². The van der Waals surface area contributed by atoms with Gasteiger partial charge in [0.25, 0.3) is 0 Å². The number of ether oxygens (including phenoxy) is 2. The number of aromatic nitrogens is 2. The van der Waals surface area contributed by atoms with Crippen LogP contribution in [0.3, 0.4) is 0 Å². The van der Waals surface area contributed by atoms with Crippen molar-refractivity contribution in [1.29, 1.82) is 0 Å². The predicted octanol–water partition coefficient (Wildman–Crippen LogP) is 3.08. The minimum Gasteiger partial charge on any atom is -0.473 e. The van der Waals surface area contributed by atoms with Crippen LogP contribution in [0.2, 0.25) is 5.15 Å². The Labute approximate surface area is 113 Å². The molecule has 0 spiro atoms. The topological polar surface area (TPSA) is 44.2 Å². The van der Waals surface area contributed by atoms with Crippen molar-refractivity contribution < 1.29 is 9.47 Å². The van der Waals surface area contributed by atoms with Gasteiger partial charge < -0.3 is 9.47 Å². The normalized spacial score (nSPS) is 28.2. The molecule has 0 bridgehead atoms. The summed E-state index contributed by atoms with van der Waals surface area (Å²) in [5, 5.41) is 8.38. The molecule has 0 amide bonds. The zero-order valence-electron chi connectivity index (χ0n) is 11.2. The van der Waals surface area contributed by atoms with Crippen LogP contribution in [0.25, 0.3) is 0 Å². The summed E-state index contributed by atoms with van der Waals surface area (Å²) in [4.78, 5) is 0. The highest BCUT2D eigenvalue weighted by atomic mass is 35.5. The van der Waals surface area contributed by atoms with E-state index in [4.69, 9.17) is 21.1 Å².